The molecule has 2 bridgehead atoms. The van der Waals surface area contributed by atoms with Crippen LogP contribution in [0.4, 0.5) is 0 Å². The summed E-state index contributed by atoms with van der Waals surface area (Å²) in [7, 11) is 5.22. The van der Waals surface area contributed by atoms with Gasteiger partial charge in [0.05, 0.1) is 45.6 Å². The van der Waals surface area contributed by atoms with E-state index >= 15 is 0 Å². The topological polar surface area (TPSA) is 81.3 Å². The van der Waals surface area contributed by atoms with Crippen LogP contribution in [-0.4, -0.2) is 71.0 Å². The summed E-state index contributed by atoms with van der Waals surface area (Å²) in [4.78, 5) is 15.3. The normalized spacial score (nSPS) is 19.3. The first-order valence-corrected chi connectivity index (χ1v) is 15.0. The summed E-state index contributed by atoms with van der Waals surface area (Å²) in [6.07, 6.45) is 4.45. The number of hydrogen-bond acceptors (Lipinski definition) is 7. The molecule has 2 heterocycles. The zero-order valence-electron chi connectivity index (χ0n) is 25.4. The van der Waals surface area contributed by atoms with E-state index in [1.165, 1.54) is 5.56 Å². The lowest BCUT2D eigenvalue weighted by molar-refractivity contribution is -0.126. The molecule has 228 valence electrons. The molecule has 43 heavy (non-hydrogen) atoms. The number of likely N-dealkylation sites (N-methyl/N-ethyl adjacent to an activating group) is 1. The van der Waals surface area contributed by atoms with Gasteiger partial charge in [0, 0.05) is 44.2 Å². The molecule has 8 heteroatoms. The first-order valence-electron chi connectivity index (χ1n) is 15.0. The number of rotatable bonds is 14. The molecule has 0 saturated carbocycles. The summed E-state index contributed by atoms with van der Waals surface area (Å²) in [5, 5.41) is 7.37. The van der Waals surface area contributed by atoms with Crippen LogP contribution in [0.25, 0.3) is 0 Å². The Balaban J connectivity index is 1.10. The molecule has 0 radical (unpaired) electrons. The summed E-state index contributed by atoms with van der Waals surface area (Å²) >= 11 is 0. The predicted molar refractivity (Wildman–Crippen MR) is 168 cm³/mol. The minimum Gasteiger partial charge on any atom is -0.497 e. The van der Waals surface area contributed by atoms with Gasteiger partial charge in [0.2, 0.25) is 0 Å². The molecule has 5 rings (SSSR count). The van der Waals surface area contributed by atoms with Crippen LogP contribution in [0.15, 0.2) is 84.4 Å². The van der Waals surface area contributed by atoms with E-state index in [-0.39, 0.29) is 17.5 Å². The lowest BCUT2D eigenvalue weighted by Gasteiger charge is -2.47. The second-order valence-electron chi connectivity index (χ2n) is 11.2. The molecule has 2 unspecified atom stereocenters. The van der Waals surface area contributed by atoms with Crippen LogP contribution in [0.5, 0.6) is 17.2 Å². The second kappa shape index (κ2) is 14.6. The van der Waals surface area contributed by atoms with E-state index in [1.807, 2.05) is 66.5 Å². The zero-order chi connectivity index (χ0) is 30.1. The molecular weight excluding hydrogens is 542 g/mol. The van der Waals surface area contributed by atoms with Crippen molar-refractivity contribution in [3.8, 4) is 17.2 Å². The summed E-state index contributed by atoms with van der Waals surface area (Å²) in [6, 6.07) is 24.2. The predicted octanol–water partition coefficient (Wildman–Crippen LogP) is 4.48. The summed E-state index contributed by atoms with van der Waals surface area (Å²) < 4.78 is 22.5. The molecule has 1 saturated heterocycles. The van der Waals surface area contributed by atoms with Crippen molar-refractivity contribution in [2.24, 2.45) is 0 Å². The smallest absolute Gasteiger partial charge is 0.250 e. The van der Waals surface area contributed by atoms with Crippen LogP contribution in [0, 0.1) is 0 Å². The highest BCUT2D eigenvalue weighted by Gasteiger charge is 2.42. The van der Waals surface area contributed by atoms with Gasteiger partial charge in [0.25, 0.3) is 5.91 Å². The van der Waals surface area contributed by atoms with Gasteiger partial charge in [-0.15, -0.1) is 0 Å². The van der Waals surface area contributed by atoms with E-state index in [9.17, 15) is 4.79 Å². The third-order valence-electron chi connectivity index (χ3n) is 8.29. The molecule has 8 nitrogen and oxygen atoms in total. The Kier molecular flexibility index (Phi) is 10.4. The maximum atomic E-state index is 13.4. The number of piperazine rings is 1. The van der Waals surface area contributed by atoms with Crippen molar-refractivity contribution in [2.75, 3.05) is 54.1 Å². The third kappa shape index (κ3) is 7.57. The number of carbonyl (C=O) groups is 1. The van der Waals surface area contributed by atoms with Crippen LogP contribution >= 0.6 is 0 Å². The highest BCUT2D eigenvalue weighted by Crippen LogP contribution is 2.34. The fourth-order valence-electron chi connectivity index (χ4n) is 5.82. The SMILES string of the molecule is COc1cccc(CCN(C)C(=O)C2=CCC3(c4ccc(OCCCOCc5ccccc5OC)cc4)CNCC2N3)c1. The Morgan fingerprint density at radius 3 is 2.63 bits per heavy atom. The van der Waals surface area contributed by atoms with Crippen LogP contribution in [0.3, 0.4) is 0 Å². The van der Waals surface area contributed by atoms with Crippen molar-refractivity contribution < 1.29 is 23.7 Å². The molecule has 1 amide bonds. The minimum absolute atomic E-state index is 0.0407. The molecule has 2 aliphatic heterocycles. The first-order chi connectivity index (χ1) is 21.0. The number of fused-ring (bicyclic) bond motifs is 2. The monoisotopic (exact) mass is 585 g/mol. The van der Waals surface area contributed by atoms with E-state index in [0.717, 1.165) is 66.3 Å². The van der Waals surface area contributed by atoms with E-state index in [4.69, 9.17) is 18.9 Å². The number of hydrogen-bond donors (Lipinski definition) is 2. The van der Waals surface area contributed by atoms with Gasteiger partial charge in [0.1, 0.15) is 17.2 Å². The number of methoxy groups -OCH3 is 2. The van der Waals surface area contributed by atoms with Crippen molar-refractivity contribution in [1.29, 1.82) is 0 Å². The van der Waals surface area contributed by atoms with Crippen molar-refractivity contribution >= 4 is 5.91 Å². The molecule has 2 N–H and O–H groups in total. The second-order valence-corrected chi connectivity index (χ2v) is 11.2. The maximum Gasteiger partial charge on any atom is 0.250 e. The zero-order valence-corrected chi connectivity index (χ0v) is 25.4. The van der Waals surface area contributed by atoms with E-state index in [1.54, 1.807) is 14.2 Å². The number of carbonyl (C=O) groups excluding carboxylic acids is 1. The average Bonchev–Trinajstić information content (AvgIpc) is 3.05. The molecule has 0 aliphatic carbocycles. The highest BCUT2D eigenvalue weighted by molar-refractivity contribution is 5.95. The molecule has 1 fully saturated rings. The first kappa shape index (κ1) is 30.6. The minimum atomic E-state index is -0.253. The van der Waals surface area contributed by atoms with Gasteiger partial charge in [-0.05, 0) is 54.3 Å². The number of benzene rings is 3. The summed E-state index contributed by atoms with van der Waals surface area (Å²) in [5.41, 5.74) is 3.96. The number of nitrogens with zero attached hydrogens (tertiary/aromatic N) is 1. The Morgan fingerprint density at radius 2 is 1.81 bits per heavy atom. The van der Waals surface area contributed by atoms with Crippen LogP contribution in [0.1, 0.15) is 29.5 Å². The lowest BCUT2D eigenvalue weighted by Crippen LogP contribution is -2.65. The Morgan fingerprint density at radius 1 is 0.977 bits per heavy atom. The summed E-state index contributed by atoms with van der Waals surface area (Å²) in [5.74, 6) is 2.59. The van der Waals surface area contributed by atoms with Crippen molar-refractivity contribution in [3.05, 3.63) is 101 Å². The van der Waals surface area contributed by atoms with Gasteiger partial charge in [-0.1, -0.05) is 48.5 Å². The van der Waals surface area contributed by atoms with E-state index < -0.39 is 0 Å². The summed E-state index contributed by atoms with van der Waals surface area (Å²) in [6.45, 7) is 3.88. The fraction of sp³-hybridized carbons (Fsp3) is 0.400. The van der Waals surface area contributed by atoms with Gasteiger partial charge >= 0.3 is 0 Å². The van der Waals surface area contributed by atoms with Crippen LogP contribution < -0.4 is 24.8 Å². The largest absolute Gasteiger partial charge is 0.497 e. The van der Waals surface area contributed by atoms with Gasteiger partial charge in [0.15, 0.2) is 0 Å². The number of para-hydroxylation sites is 1. The van der Waals surface area contributed by atoms with E-state index in [2.05, 4.69) is 34.9 Å². The van der Waals surface area contributed by atoms with Crippen molar-refractivity contribution in [2.45, 2.75) is 37.5 Å². The van der Waals surface area contributed by atoms with Gasteiger partial charge in [-0.3, -0.25) is 10.1 Å². The maximum absolute atomic E-state index is 13.4. The standard InChI is InChI=1S/C35H43N3O5/c1-38(19-17-26-8-6-10-30(22-26)40-2)34(39)31-16-18-35(25-36-23-32(31)37-35)28-12-14-29(15-13-28)43-21-7-20-42-24-27-9-4-5-11-33(27)41-3/h4-6,8-16,22,32,36-37H,7,17-21,23-25H2,1-3H3. The molecule has 0 aromatic heterocycles. The third-order valence-corrected chi connectivity index (χ3v) is 8.29. The Labute approximate surface area is 255 Å². The van der Waals surface area contributed by atoms with Crippen LogP contribution in [0.2, 0.25) is 0 Å². The van der Waals surface area contributed by atoms with Crippen molar-refractivity contribution in [3.63, 3.8) is 0 Å². The van der Waals surface area contributed by atoms with Gasteiger partial charge in [-0.25, -0.2) is 0 Å². The number of ether oxygens (including phenoxy) is 4. The Hall–Kier alpha value is -3.85. The number of nitrogens with one attached hydrogen (secondary N) is 2. The molecule has 2 atom stereocenters. The average molecular weight is 586 g/mol. The van der Waals surface area contributed by atoms with Gasteiger partial charge in [-0.2, -0.15) is 0 Å². The number of amides is 1. The molecule has 3 aromatic carbocycles. The molecular formula is C35H43N3O5. The van der Waals surface area contributed by atoms with Gasteiger partial charge < -0.3 is 29.2 Å². The molecule has 0 spiro atoms. The Bertz CT molecular complexity index is 1390. The molecule has 2 aliphatic rings. The lowest BCUT2D eigenvalue weighted by atomic mass is 9.78. The van der Waals surface area contributed by atoms with E-state index in [0.29, 0.717) is 26.4 Å². The highest BCUT2D eigenvalue weighted by atomic mass is 16.5. The fourth-order valence-corrected chi connectivity index (χ4v) is 5.82. The van der Waals surface area contributed by atoms with Crippen molar-refractivity contribution in [1.82, 2.24) is 15.5 Å². The van der Waals surface area contributed by atoms with Crippen LogP contribution in [-0.2, 0) is 28.1 Å². The quantitative estimate of drug-likeness (QED) is 0.270. The molecule has 3 aromatic rings.